The Hall–Kier alpha value is -5.69. The number of furan rings is 1. The number of halogens is 3. The Labute approximate surface area is 371 Å². The van der Waals surface area contributed by atoms with Crippen LogP contribution in [-0.4, -0.2) is 16.1 Å². The number of aryl methyl sites for hydroxylation is 1. The third-order valence-corrected chi connectivity index (χ3v) is 14.6. The SMILES string of the molecule is CCCCC(C)N(c1ccc(C(F)(F)F)cc1)c1ccc2c3ccc(C(C)(C)C(CC)(CC)N(c4ccccc4)c4ccc5oc6ccc(C(C)CC)cc6c5c4)cc3n(C)c2c1. The molecule has 0 spiro atoms. The number of alkyl halides is 3. The zero-order chi connectivity index (χ0) is 44.8. The van der Waals surface area contributed by atoms with Gasteiger partial charge in [0.1, 0.15) is 11.2 Å². The van der Waals surface area contributed by atoms with Crippen LogP contribution < -0.4 is 9.80 Å². The van der Waals surface area contributed by atoms with Crippen LogP contribution in [0.2, 0.25) is 0 Å². The van der Waals surface area contributed by atoms with Crippen LogP contribution in [0.5, 0.6) is 0 Å². The molecule has 2 aromatic heterocycles. The van der Waals surface area contributed by atoms with Crippen LogP contribution in [0.3, 0.4) is 0 Å². The minimum absolute atomic E-state index is 0.0835. The fourth-order valence-electron chi connectivity index (χ4n) is 10.5. The first-order valence-electron chi connectivity index (χ1n) is 23.0. The third kappa shape index (κ3) is 7.65. The lowest BCUT2D eigenvalue weighted by Crippen LogP contribution is -2.58. The van der Waals surface area contributed by atoms with Crippen molar-refractivity contribution >= 4 is 66.5 Å². The minimum Gasteiger partial charge on any atom is -0.456 e. The molecule has 0 saturated carbocycles. The zero-order valence-corrected chi connectivity index (χ0v) is 38.4. The summed E-state index contributed by atoms with van der Waals surface area (Å²) in [5.41, 5.74) is 9.24. The van der Waals surface area contributed by atoms with Gasteiger partial charge in [-0.1, -0.05) is 104 Å². The van der Waals surface area contributed by atoms with E-state index in [9.17, 15) is 13.2 Å². The van der Waals surface area contributed by atoms with Gasteiger partial charge in [-0.25, -0.2) is 0 Å². The minimum atomic E-state index is -4.39. The van der Waals surface area contributed by atoms with Gasteiger partial charge in [-0.2, -0.15) is 13.2 Å². The van der Waals surface area contributed by atoms with Crippen LogP contribution in [0.25, 0.3) is 43.7 Å². The molecule has 0 fully saturated rings. The molecule has 0 N–H and O–H groups in total. The van der Waals surface area contributed by atoms with Crippen LogP contribution in [0.15, 0.2) is 132 Å². The van der Waals surface area contributed by atoms with E-state index < -0.39 is 11.7 Å². The fraction of sp³-hybridized carbons (Fsp3) is 0.357. The van der Waals surface area contributed by atoms with Gasteiger partial charge in [0, 0.05) is 68.3 Å². The Morgan fingerprint density at radius 2 is 1.19 bits per heavy atom. The van der Waals surface area contributed by atoms with Crippen LogP contribution in [-0.2, 0) is 18.6 Å². The average Bonchev–Trinajstić information content (AvgIpc) is 3.80. The van der Waals surface area contributed by atoms with Gasteiger partial charge in [0.05, 0.1) is 16.6 Å². The van der Waals surface area contributed by atoms with E-state index in [4.69, 9.17) is 4.42 Å². The second-order valence-corrected chi connectivity index (χ2v) is 18.3. The lowest BCUT2D eigenvalue weighted by atomic mass is 9.63. The largest absolute Gasteiger partial charge is 0.456 e. The number of aromatic nitrogens is 1. The first-order valence-corrected chi connectivity index (χ1v) is 23.0. The molecule has 0 radical (unpaired) electrons. The molecule has 8 rings (SSSR count). The molecule has 328 valence electrons. The number of para-hydroxylation sites is 1. The van der Waals surface area contributed by atoms with Crippen molar-refractivity contribution in [3.8, 4) is 0 Å². The number of hydrogen-bond donors (Lipinski definition) is 0. The highest BCUT2D eigenvalue weighted by Crippen LogP contribution is 2.51. The molecule has 63 heavy (non-hydrogen) atoms. The van der Waals surface area contributed by atoms with Gasteiger partial charge in [-0.15, -0.1) is 0 Å². The summed E-state index contributed by atoms with van der Waals surface area (Å²) in [5, 5.41) is 4.60. The van der Waals surface area contributed by atoms with Crippen molar-refractivity contribution in [1.82, 2.24) is 4.57 Å². The van der Waals surface area contributed by atoms with Crippen molar-refractivity contribution in [3.05, 3.63) is 144 Å². The van der Waals surface area contributed by atoms with Gasteiger partial charge < -0.3 is 18.8 Å². The molecular weight excluding hydrogens is 788 g/mol. The number of anilines is 4. The highest BCUT2D eigenvalue weighted by molar-refractivity contribution is 6.09. The molecule has 0 aliphatic heterocycles. The van der Waals surface area contributed by atoms with Crippen LogP contribution in [0.4, 0.5) is 35.9 Å². The van der Waals surface area contributed by atoms with Gasteiger partial charge in [-0.05, 0) is 135 Å². The number of fused-ring (bicyclic) bond motifs is 6. The zero-order valence-electron chi connectivity index (χ0n) is 38.4. The molecule has 7 heteroatoms. The number of benzene rings is 6. The summed E-state index contributed by atoms with van der Waals surface area (Å²) < 4.78 is 49.5. The highest BCUT2D eigenvalue weighted by Gasteiger charge is 2.49. The summed E-state index contributed by atoms with van der Waals surface area (Å²) in [6.45, 7) is 18.3. The van der Waals surface area contributed by atoms with E-state index in [0.29, 0.717) is 5.92 Å². The van der Waals surface area contributed by atoms with Gasteiger partial charge in [0.15, 0.2) is 0 Å². The van der Waals surface area contributed by atoms with Gasteiger partial charge in [-0.3, -0.25) is 0 Å². The molecule has 0 saturated heterocycles. The van der Waals surface area contributed by atoms with E-state index in [1.165, 1.54) is 28.6 Å². The number of hydrogen-bond acceptors (Lipinski definition) is 3. The van der Waals surface area contributed by atoms with Crippen molar-refractivity contribution < 1.29 is 17.6 Å². The van der Waals surface area contributed by atoms with Gasteiger partial charge in [0.2, 0.25) is 0 Å². The standard InChI is InChI=1S/C56H62F3N3O/c1-10-14-18-38(6)61(42-25-22-40(23-26-42)56(57,58)59)44-27-30-47-46-29-24-41(34-50(46)60(9)51(47)36-44)54(7,8)55(12-3,13-4)62(43-19-16-15-17-20-43)45-28-32-53-49(35-45)48-33-39(37(5)11-2)21-31-52(48)63-53/h15-17,19-38H,10-14,18H2,1-9H3. The molecular formula is C56H62F3N3O. The second kappa shape index (κ2) is 17.1. The molecule has 0 aliphatic carbocycles. The maximum atomic E-state index is 13.6. The Morgan fingerprint density at radius 3 is 1.83 bits per heavy atom. The molecule has 0 aliphatic rings. The van der Waals surface area contributed by atoms with Crippen molar-refractivity contribution in [1.29, 1.82) is 0 Å². The van der Waals surface area contributed by atoms with E-state index in [1.54, 1.807) is 12.1 Å². The first-order chi connectivity index (χ1) is 30.2. The Balaban J connectivity index is 1.24. The average molecular weight is 850 g/mol. The molecule has 2 unspecified atom stereocenters. The maximum Gasteiger partial charge on any atom is 0.416 e. The maximum absolute atomic E-state index is 13.6. The normalized spacial score (nSPS) is 13.7. The van der Waals surface area contributed by atoms with E-state index >= 15 is 0 Å². The molecule has 2 atom stereocenters. The quantitative estimate of drug-likeness (QED) is 0.103. The molecule has 0 amide bonds. The summed E-state index contributed by atoms with van der Waals surface area (Å²) in [4.78, 5) is 4.79. The first kappa shape index (κ1) is 43.9. The van der Waals surface area contributed by atoms with E-state index in [-0.39, 0.29) is 17.0 Å². The predicted molar refractivity (Wildman–Crippen MR) is 260 cm³/mol. The Bertz CT molecular complexity index is 2860. The fourth-order valence-corrected chi connectivity index (χ4v) is 10.5. The number of unbranched alkanes of at least 4 members (excludes halogenated alkanes) is 1. The number of rotatable bonds is 15. The molecule has 0 bridgehead atoms. The van der Waals surface area contributed by atoms with Crippen LogP contribution in [0, 0.1) is 0 Å². The molecule has 2 heterocycles. The number of nitrogens with zero attached hydrogens (tertiary/aromatic N) is 3. The van der Waals surface area contributed by atoms with E-state index in [1.807, 2.05) is 0 Å². The summed E-state index contributed by atoms with van der Waals surface area (Å²) in [6, 6.07) is 43.4. The lowest BCUT2D eigenvalue weighted by molar-refractivity contribution is -0.137. The summed E-state index contributed by atoms with van der Waals surface area (Å²) >= 11 is 0. The van der Waals surface area contributed by atoms with Crippen molar-refractivity contribution in [2.45, 2.75) is 123 Å². The third-order valence-electron chi connectivity index (χ3n) is 14.6. The highest BCUT2D eigenvalue weighted by atomic mass is 19.4. The van der Waals surface area contributed by atoms with Crippen LogP contribution >= 0.6 is 0 Å². The van der Waals surface area contributed by atoms with Gasteiger partial charge in [0.25, 0.3) is 0 Å². The molecule has 8 aromatic rings. The van der Waals surface area contributed by atoms with Gasteiger partial charge >= 0.3 is 6.18 Å². The summed E-state index contributed by atoms with van der Waals surface area (Å²) in [5.74, 6) is 0.458. The summed E-state index contributed by atoms with van der Waals surface area (Å²) in [7, 11) is 2.13. The van der Waals surface area contributed by atoms with Crippen molar-refractivity contribution in [2.75, 3.05) is 9.80 Å². The topological polar surface area (TPSA) is 24.6 Å². The van der Waals surface area contributed by atoms with Crippen molar-refractivity contribution in [2.24, 2.45) is 7.05 Å². The van der Waals surface area contributed by atoms with E-state index in [2.05, 4.69) is 180 Å². The van der Waals surface area contributed by atoms with E-state index in [0.717, 1.165) is 99.6 Å². The lowest BCUT2D eigenvalue weighted by Gasteiger charge is -2.54. The smallest absolute Gasteiger partial charge is 0.416 e. The Morgan fingerprint density at radius 1 is 0.603 bits per heavy atom. The summed E-state index contributed by atoms with van der Waals surface area (Å²) in [6.07, 6.45) is 1.46. The monoisotopic (exact) mass is 849 g/mol. The van der Waals surface area contributed by atoms with Crippen LogP contribution in [0.1, 0.15) is 117 Å². The van der Waals surface area contributed by atoms with Crippen molar-refractivity contribution in [3.63, 3.8) is 0 Å². The second-order valence-electron chi connectivity index (χ2n) is 18.3. The molecule has 4 nitrogen and oxygen atoms in total. The Kier molecular flexibility index (Phi) is 11.9. The molecule has 6 aromatic carbocycles. The predicted octanol–water partition coefficient (Wildman–Crippen LogP) is 17.2.